The molecule has 112 valence electrons. The molecule has 0 saturated carbocycles. The largest absolute Gasteiger partial charge is 0.460 e. The standard InChI is InChI=1S/C13H22N4O3/c1-13(2,3)20-12(19)7-6-11(18)14-8-4-5-10-15-9-16-17-10/h9H,4-8H2,1-3H3,(H,14,18)(H,15,16,17). The van der Waals surface area contributed by atoms with Gasteiger partial charge in [-0.3, -0.25) is 14.7 Å². The van der Waals surface area contributed by atoms with Crippen LogP contribution in [0.25, 0.3) is 0 Å². The van der Waals surface area contributed by atoms with Gasteiger partial charge in [-0.1, -0.05) is 0 Å². The Labute approximate surface area is 118 Å². The van der Waals surface area contributed by atoms with E-state index >= 15 is 0 Å². The predicted molar refractivity (Wildman–Crippen MR) is 72.8 cm³/mol. The van der Waals surface area contributed by atoms with E-state index in [1.54, 1.807) is 20.8 Å². The Kier molecular flexibility index (Phi) is 6.14. The number of ether oxygens (including phenoxy) is 1. The average molecular weight is 282 g/mol. The van der Waals surface area contributed by atoms with Gasteiger partial charge in [0, 0.05) is 19.4 Å². The first-order valence-electron chi connectivity index (χ1n) is 6.69. The SMILES string of the molecule is CC(C)(C)OC(=O)CCC(=O)NCCCc1ncn[nH]1. The number of nitrogens with one attached hydrogen (secondary N) is 2. The van der Waals surface area contributed by atoms with Gasteiger partial charge in [0.2, 0.25) is 5.91 Å². The zero-order valence-electron chi connectivity index (χ0n) is 12.2. The van der Waals surface area contributed by atoms with Crippen molar-refractivity contribution in [1.82, 2.24) is 20.5 Å². The van der Waals surface area contributed by atoms with Crippen LogP contribution in [0.2, 0.25) is 0 Å². The number of aryl methyl sites for hydroxylation is 1. The lowest BCUT2D eigenvalue weighted by Gasteiger charge is -2.19. The second-order valence-electron chi connectivity index (χ2n) is 5.47. The number of hydrogen-bond donors (Lipinski definition) is 2. The number of esters is 1. The molecule has 0 aliphatic heterocycles. The molecule has 1 amide bonds. The van der Waals surface area contributed by atoms with Crippen LogP contribution in [0, 0.1) is 0 Å². The maximum atomic E-state index is 11.5. The third-order valence-corrected chi connectivity index (χ3v) is 2.35. The molecule has 0 aliphatic carbocycles. The van der Waals surface area contributed by atoms with Gasteiger partial charge in [-0.05, 0) is 27.2 Å². The molecular formula is C13H22N4O3. The van der Waals surface area contributed by atoms with Crippen molar-refractivity contribution in [3.8, 4) is 0 Å². The van der Waals surface area contributed by atoms with E-state index in [2.05, 4.69) is 20.5 Å². The first-order valence-corrected chi connectivity index (χ1v) is 6.69. The highest BCUT2D eigenvalue weighted by atomic mass is 16.6. The van der Waals surface area contributed by atoms with Crippen LogP contribution in [0.3, 0.4) is 0 Å². The van der Waals surface area contributed by atoms with E-state index in [0.717, 1.165) is 18.7 Å². The van der Waals surface area contributed by atoms with E-state index in [1.807, 2.05) is 0 Å². The number of amides is 1. The average Bonchev–Trinajstić information content (AvgIpc) is 2.83. The number of hydrogen-bond acceptors (Lipinski definition) is 5. The first kappa shape index (κ1) is 16.1. The van der Waals surface area contributed by atoms with E-state index in [9.17, 15) is 9.59 Å². The summed E-state index contributed by atoms with van der Waals surface area (Å²) in [5.41, 5.74) is -0.509. The molecule has 0 spiro atoms. The van der Waals surface area contributed by atoms with Crippen LogP contribution in [0.15, 0.2) is 6.33 Å². The van der Waals surface area contributed by atoms with Crippen molar-refractivity contribution < 1.29 is 14.3 Å². The predicted octanol–water partition coefficient (Wildman–Crippen LogP) is 0.975. The third-order valence-electron chi connectivity index (χ3n) is 2.35. The fraction of sp³-hybridized carbons (Fsp3) is 0.692. The quantitative estimate of drug-likeness (QED) is 0.574. The highest BCUT2D eigenvalue weighted by Gasteiger charge is 2.16. The van der Waals surface area contributed by atoms with Crippen LogP contribution in [0.1, 0.15) is 45.9 Å². The molecule has 1 aromatic rings. The van der Waals surface area contributed by atoms with Gasteiger partial charge in [-0.2, -0.15) is 5.10 Å². The second-order valence-corrected chi connectivity index (χ2v) is 5.47. The summed E-state index contributed by atoms with van der Waals surface area (Å²) < 4.78 is 5.12. The van der Waals surface area contributed by atoms with Crippen LogP contribution >= 0.6 is 0 Å². The van der Waals surface area contributed by atoms with Gasteiger partial charge in [0.15, 0.2) is 0 Å². The lowest BCUT2D eigenvalue weighted by molar-refractivity contribution is -0.155. The van der Waals surface area contributed by atoms with Crippen LogP contribution in [-0.2, 0) is 20.7 Å². The van der Waals surface area contributed by atoms with Crippen LogP contribution in [-0.4, -0.2) is 39.2 Å². The molecule has 0 radical (unpaired) electrons. The van der Waals surface area contributed by atoms with Crippen molar-refractivity contribution in [3.05, 3.63) is 12.2 Å². The summed E-state index contributed by atoms with van der Waals surface area (Å²) in [5, 5.41) is 9.25. The molecule has 0 bridgehead atoms. The molecule has 0 aromatic carbocycles. The Hall–Kier alpha value is -1.92. The zero-order chi connectivity index (χ0) is 15.0. The summed E-state index contributed by atoms with van der Waals surface area (Å²) in [5.74, 6) is 0.302. The number of rotatable bonds is 7. The van der Waals surface area contributed by atoms with Gasteiger partial charge in [0.1, 0.15) is 17.8 Å². The Morgan fingerprint density at radius 1 is 1.35 bits per heavy atom. The second kappa shape index (κ2) is 7.62. The third kappa shape index (κ3) is 7.50. The summed E-state index contributed by atoms with van der Waals surface area (Å²) in [6.45, 7) is 5.95. The van der Waals surface area contributed by atoms with Crippen molar-refractivity contribution in [3.63, 3.8) is 0 Å². The number of nitrogens with zero attached hydrogens (tertiary/aromatic N) is 2. The van der Waals surface area contributed by atoms with E-state index in [1.165, 1.54) is 6.33 Å². The van der Waals surface area contributed by atoms with E-state index in [4.69, 9.17) is 4.74 Å². The highest BCUT2D eigenvalue weighted by molar-refractivity contribution is 5.81. The Balaban J connectivity index is 2.07. The molecule has 7 nitrogen and oxygen atoms in total. The van der Waals surface area contributed by atoms with Crippen molar-refractivity contribution in [2.45, 2.75) is 52.1 Å². The minimum Gasteiger partial charge on any atom is -0.460 e. The Morgan fingerprint density at radius 2 is 2.10 bits per heavy atom. The van der Waals surface area contributed by atoms with Crippen LogP contribution in [0.4, 0.5) is 0 Å². The molecular weight excluding hydrogens is 260 g/mol. The van der Waals surface area contributed by atoms with Crippen molar-refractivity contribution in [2.24, 2.45) is 0 Å². The molecule has 1 aromatic heterocycles. The molecule has 2 N–H and O–H groups in total. The number of carbonyl (C=O) groups is 2. The summed E-state index contributed by atoms with van der Waals surface area (Å²) >= 11 is 0. The molecule has 20 heavy (non-hydrogen) atoms. The monoisotopic (exact) mass is 282 g/mol. The smallest absolute Gasteiger partial charge is 0.306 e. The fourth-order valence-corrected chi connectivity index (χ4v) is 1.53. The number of H-pyrrole nitrogens is 1. The highest BCUT2D eigenvalue weighted by Crippen LogP contribution is 2.08. The van der Waals surface area contributed by atoms with Gasteiger partial charge in [0.05, 0.1) is 6.42 Å². The fourth-order valence-electron chi connectivity index (χ4n) is 1.53. The van der Waals surface area contributed by atoms with Gasteiger partial charge in [-0.15, -0.1) is 0 Å². The van der Waals surface area contributed by atoms with Gasteiger partial charge in [-0.25, -0.2) is 4.98 Å². The first-order chi connectivity index (χ1) is 9.37. The van der Waals surface area contributed by atoms with Gasteiger partial charge >= 0.3 is 5.97 Å². The minimum atomic E-state index is -0.509. The molecule has 7 heteroatoms. The number of aromatic amines is 1. The molecule has 1 heterocycles. The molecule has 0 saturated heterocycles. The molecule has 0 aliphatic rings. The van der Waals surface area contributed by atoms with Crippen LogP contribution in [0.5, 0.6) is 0 Å². The number of aromatic nitrogens is 3. The minimum absolute atomic E-state index is 0.102. The van der Waals surface area contributed by atoms with Crippen molar-refractivity contribution in [1.29, 1.82) is 0 Å². The molecule has 0 fully saturated rings. The van der Waals surface area contributed by atoms with Crippen molar-refractivity contribution >= 4 is 11.9 Å². The summed E-state index contributed by atoms with van der Waals surface area (Å²) in [6.07, 6.45) is 3.21. The van der Waals surface area contributed by atoms with Crippen molar-refractivity contribution in [2.75, 3.05) is 6.54 Å². The van der Waals surface area contributed by atoms with E-state index < -0.39 is 5.60 Å². The Bertz CT molecular complexity index is 423. The normalized spacial score (nSPS) is 11.2. The summed E-state index contributed by atoms with van der Waals surface area (Å²) in [7, 11) is 0. The van der Waals surface area contributed by atoms with Gasteiger partial charge < -0.3 is 10.1 Å². The van der Waals surface area contributed by atoms with E-state index in [-0.39, 0.29) is 24.7 Å². The van der Waals surface area contributed by atoms with Crippen LogP contribution < -0.4 is 5.32 Å². The zero-order valence-corrected chi connectivity index (χ0v) is 12.2. The summed E-state index contributed by atoms with van der Waals surface area (Å²) in [4.78, 5) is 26.9. The topological polar surface area (TPSA) is 97.0 Å². The summed E-state index contributed by atoms with van der Waals surface area (Å²) in [6, 6.07) is 0. The molecule has 0 atom stereocenters. The Morgan fingerprint density at radius 3 is 2.70 bits per heavy atom. The number of carbonyl (C=O) groups excluding carboxylic acids is 2. The maximum Gasteiger partial charge on any atom is 0.306 e. The lowest BCUT2D eigenvalue weighted by atomic mass is 10.2. The van der Waals surface area contributed by atoms with E-state index in [0.29, 0.717) is 6.54 Å². The van der Waals surface area contributed by atoms with Gasteiger partial charge in [0.25, 0.3) is 0 Å². The lowest BCUT2D eigenvalue weighted by Crippen LogP contribution is -2.27. The molecule has 1 rings (SSSR count). The molecule has 0 unspecified atom stereocenters. The maximum absolute atomic E-state index is 11.5.